The first-order chi connectivity index (χ1) is 10.7. The summed E-state index contributed by atoms with van der Waals surface area (Å²) in [4.78, 5) is 25.8. The van der Waals surface area contributed by atoms with E-state index in [1.54, 1.807) is 22.7 Å². The van der Waals surface area contributed by atoms with E-state index in [9.17, 15) is 9.59 Å². The molecule has 1 saturated heterocycles. The van der Waals surface area contributed by atoms with Crippen LogP contribution >= 0.6 is 0 Å². The number of aromatic nitrogens is 2. The van der Waals surface area contributed by atoms with Gasteiger partial charge in [-0.3, -0.25) is 9.58 Å². The second-order valence-corrected chi connectivity index (χ2v) is 6.46. The Morgan fingerprint density at radius 3 is 2.70 bits per heavy atom. The van der Waals surface area contributed by atoms with Crippen LogP contribution in [-0.4, -0.2) is 59.1 Å². The number of rotatable bonds is 2. The van der Waals surface area contributed by atoms with Crippen molar-refractivity contribution in [2.24, 2.45) is 7.05 Å². The van der Waals surface area contributed by atoms with Gasteiger partial charge in [0.15, 0.2) is 5.69 Å². The molecule has 0 aromatic carbocycles. The first-order valence-electron chi connectivity index (χ1n) is 7.55. The Labute approximate surface area is 135 Å². The molecule has 0 radical (unpaired) electrons. The SMILES string of the molecule is COC(=O)c1cc(C2CNCCN2C(=O)OC(C)(C)C)n(C)n1. The lowest BCUT2D eigenvalue weighted by Crippen LogP contribution is -2.50. The number of methoxy groups -OCH3 is 1. The number of ether oxygens (including phenoxy) is 2. The highest BCUT2D eigenvalue weighted by molar-refractivity contribution is 5.87. The minimum atomic E-state index is -0.559. The van der Waals surface area contributed by atoms with Crippen LogP contribution in [0.4, 0.5) is 4.79 Å². The zero-order valence-corrected chi connectivity index (χ0v) is 14.3. The van der Waals surface area contributed by atoms with Gasteiger partial charge in [-0.05, 0) is 26.8 Å². The molecule has 0 aliphatic carbocycles. The van der Waals surface area contributed by atoms with Gasteiger partial charge < -0.3 is 14.8 Å². The molecule has 1 aliphatic heterocycles. The number of esters is 1. The van der Waals surface area contributed by atoms with Gasteiger partial charge in [-0.15, -0.1) is 0 Å². The monoisotopic (exact) mass is 324 g/mol. The van der Waals surface area contributed by atoms with Crippen molar-refractivity contribution in [3.8, 4) is 0 Å². The van der Waals surface area contributed by atoms with Gasteiger partial charge in [-0.25, -0.2) is 9.59 Å². The molecule has 1 atom stereocenters. The molecule has 1 aromatic heterocycles. The van der Waals surface area contributed by atoms with Crippen LogP contribution in [0.25, 0.3) is 0 Å². The van der Waals surface area contributed by atoms with Crippen LogP contribution in [0.15, 0.2) is 6.07 Å². The molecule has 0 spiro atoms. The summed E-state index contributed by atoms with van der Waals surface area (Å²) in [6.45, 7) is 7.29. The first-order valence-corrected chi connectivity index (χ1v) is 7.55. The number of aryl methyl sites for hydroxylation is 1. The molecule has 1 amide bonds. The predicted octanol–water partition coefficient (Wildman–Crippen LogP) is 1.09. The van der Waals surface area contributed by atoms with Gasteiger partial charge in [0.2, 0.25) is 0 Å². The summed E-state index contributed by atoms with van der Waals surface area (Å²) in [5.41, 5.74) is 0.416. The normalized spacial score (nSPS) is 18.7. The van der Waals surface area contributed by atoms with E-state index in [0.29, 0.717) is 19.6 Å². The molecule has 128 valence electrons. The highest BCUT2D eigenvalue weighted by Crippen LogP contribution is 2.25. The molecule has 2 rings (SSSR count). The lowest BCUT2D eigenvalue weighted by molar-refractivity contribution is 0.0109. The summed E-state index contributed by atoms with van der Waals surface area (Å²) in [5.74, 6) is -0.501. The van der Waals surface area contributed by atoms with Crippen molar-refractivity contribution in [1.29, 1.82) is 0 Å². The number of hydrogen-bond acceptors (Lipinski definition) is 6. The second kappa shape index (κ2) is 6.57. The molecule has 1 unspecified atom stereocenters. The predicted molar refractivity (Wildman–Crippen MR) is 83.1 cm³/mol. The van der Waals surface area contributed by atoms with Gasteiger partial charge in [-0.1, -0.05) is 0 Å². The second-order valence-electron chi connectivity index (χ2n) is 6.46. The largest absolute Gasteiger partial charge is 0.464 e. The van der Waals surface area contributed by atoms with E-state index in [0.717, 1.165) is 5.69 Å². The maximum Gasteiger partial charge on any atom is 0.410 e. The number of carbonyl (C=O) groups excluding carboxylic acids is 2. The summed E-state index contributed by atoms with van der Waals surface area (Å²) in [5, 5.41) is 7.41. The zero-order valence-electron chi connectivity index (χ0n) is 14.3. The molecular formula is C15H24N4O4. The topological polar surface area (TPSA) is 85.7 Å². The Kier molecular flexibility index (Phi) is 4.93. The van der Waals surface area contributed by atoms with Gasteiger partial charge in [0.25, 0.3) is 0 Å². The van der Waals surface area contributed by atoms with E-state index in [4.69, 9.17) is 9.47 Å². The van der Waals surface area contributed by atoms with Crippen molar-refractivity contribution in [2.45, 2.75) is 32.4 Å². The number of amides is 1. The molecular weight excluding hydrogens is 300 g/mol. The highest BCUT2D eigenvalue weighted by atomic mass is 16.6. The van der Waals surface area contributed by atoms with Crippen molar-refractivity contribution in [2.75, 3.05) is 26.7 Å². The molecule has 8 nitrogen and oxygen atoms in total. The van der Waals surface area contributed by atoms with Crippen LogP contribution in [0.1, 0.15) is 43.0 Å². The molecule has 0 bridgehead atoms. The smallest absolute Gasteiger partial charge is 0.410 e. The third-order valence-corrected chi connectivity index (χ3v) is 3.52. The average Bonchev–Trinajstić information content (AvgIpc) is 2.86. The van der Waals surface area contributed by atoms with E-state index < -0.39 is 11.6 Å². The molecule has 1 aromatic rings. The maximum absolute atomic E-state index is 12.5. The fourth-order valence-corrected chi connectivity index (χ4v) is 2.51. The lowest BCUT2D eigenvalue weighted by atomic mass is 10.1. The number of hydrogen-bond donors (Lipinski definition) is 1. The van der Waals surface area contributed by atoms with Crippen LogP contribution < -0.4 is 5.32 Å². The van der Waals surface area contributed by atoms with Gasteiger partial charge >= 0.3 is 12.1 Å². The first kappa shape index (κ1) is 17.3. The van der Waals surface area contributed by atoms with Gasteiger partial charge in [0.1, 0.15) is 5.60 Å². The third kappa shape index (κ3) is 4.01. The number of piperazine rings is 1. The standard InChI is InChI=1S/C15H24N4O4/c1-15(2,3)23-14(21)19-7-6-16-9-12(19)11-8-10(13(20)22-5)17-18(11)4/h8,12,16H,6-7,9H2,1-5H3. The van der Waals surface area contributed by atoms with Crippen molar-refractivity contribution >= 4 is 12.1 Å². The summed E-state index contributed by atoms with van der Waals surface area (Å²) < 4.78 is 11.8. The Morgan fingerprint density at radius 2 is 2.09 bits per heavy atom. The van der Waals surface area contributed by atoms with Gasteiger partial charge in [0, 0.05) is 26.7 Å². The maximum atomic E-state index is 12.5. The average molecular weight is 324 g/mol. The fraction of sp³-hybridized carbons (Fsp3) is 0.667. The van der Waals surface area contributed by atoms with Crippen molar-refractivity contribution in [1.82, 2.24) is 20.0 Å². The quantitative estimate of drug-likeness (QED) is 0.820. The Morgan fingerprint density at radius 1 is 1.39 bits per heavy atom. The third-order valence-electron chi connectivity index (χ3n) is 3.52. The van der Waals surface area contributed by atoms with E-state index in [1.165, 1.54) is 7.11 Å². The van der Waals surface area contributed by atoms with Crippen LogP contribution in [0.3, 0.4) is 0 Å². The van der Waals surface area contributed by atoms with E-state index >= 15 is 0 Å². The van der Waals surface area contributed by atoms with Crippen LogP contribution in [-0.2, 0) is 16.5 Å². The molecule has 1 N–H and O–H groups in total. The summed E-state index contributed by atoms with van der Waals surface area (Å²) in [7, 11) is 3.05. The van der Waals surface area contributed by atoms with Crippen molar-refractivity contribution in [3.05, 3.63) is 17.5 Å². The van der Waals surface area contributed by atoms with Gasteiger partial charge in [-0.2, -0.15) is 5.10 Å². The molecule has 8 heteroatoms. The van der Waals surface area contributed by atoms with Crippen molar-refractivity contribution < 1.29 is 19.1 Å². The minimum Gasteiger partial charge on any atom is -0.464 e. The van der Waals surface area contributed by atoms with E-state index in [2.05, 4.69) is 10.4 Å². The zero-order chi connectivity index (χ0) is 17.2. The van der Waals surface area contributed by atoms with Crippen LogP contribution in [0, 0.1) is 0 Å². The van der Waals surface area contributed by atoms with Crippen molar-refractivity contribution in [3.63, 3.8) is 0 Å². The summed E-state index contributed by atoms with van der Waals surface area (Å²) in [6.07, 6.45) is -0.371. The Balaban J connectivity index is 2.26. The minimum absolute atomic E-state index is 0.222. The van der Waals surface area contributed by atoms with Crippen LogP contribution in [0.2, 0.25) is 0 Å². The summed E-state index contributed by atoms with van der Waals surface area (Å²) in [6, 6.07) is 1.40. The Hall–Kier alpha value is -2.09. The molecule has 23 heavy (non-hydrogen) atoms. The van der Waals surface area contributed by atoms with E-state index in [-0.39, 0.29) is 17.8 Å². The number of nitrogens with one attached hydrogen (secondary N) is 1. The molecule has 1 fully saturated rings. The molecule has 2 heterocycles. The van der Waals surface area contributed by atoms with Crippen LogP contribution in [0.5, 0.6) is 0 Å². The number of nitrogens with zero attached hydrogens (tertiary/aromatic N) is 3. The molecule has 1 aliphatic rings. The fourth-order valence-electron chi connectivity index (χ4n) is 2.51. The van der Waals surface area contributed by atoms with Gasteiger partial charge in [0.05, 0.1) is 18.8 Å². The summed E-state index contributed by atoms with van der Waals surface area (Å²) >= 11 is 0. The lowest BCUT2D eigenvalue weighted by Gasteiger charge is -2.37. The van der Waals surface area contributed by atoms with E-state index in [1.807, 2.05) is 20.8 Å². The number of carbonyl (C=O) groups is 2. The highest BCUT2D eigenvalue weighted by Gasteiger charge is 2.33. The molecule has 0 saturated carbocycles. The Bertz CT molecular complexity index is 591.